The second kappa shape index (κ2) is 6.67. The quantitative estimate of drug-likeness (QED) is 0.854. The largest absolute Gasteiger partial charge is 0.379 e. The molecule has 0 atom stereocenters. The van der Waals surface area contributed by atoms with E-state index < -0.39 is 0 Å². The number of nitrogens with one attached hydrogen (secondary N) is 1. The molecule has 1 aliphatic carbocycles. The van der Waals surface area contributed by atoms with Crippen molar-refractivity contribution in [2.45, 2.75) is 37.6 Å². The Hall–Kier alpha value is -0.260. The van der Waals surface area contributed by atoms with Gasteiger partial charge < -0.3 is 10.1 Å². The Bertz CT molecular complexity index is 335. The lowest BCUT2D eigenvalue weighted by molar-refractivity contribution is -0.128. The van der Waals surface area contributed by atoms with Crippen molar-refractivity contribution in [2.75, 3.05) is 44.4 Å². The monoisotopic (exact) mass is 298 g/mol. The highest BCUT2D eigenvalue weighted by atomic mass is 32.2. The fourth-order valence-electron chi connectivity index (χ4n) is 3.46. The summed E-state index contributed by atoms with van der Waals surface area (Å²) in [7, 11) is 0. The number of carbonyl (C=O) groups is 1. The molecule has 114 valence electrons. The predicted octanol–water partition coefficient (Wildman–Crippen LogP) is 1.50. The van der Waals surface area contributed by atoms with Gasteiger partial charge in [0.05, 0.1) is 13.2 Å². The van der Waals surface area contributed by atoms with Crippen molar-refractivity contribution in [3.8, 4) is 0 Å². The number of thioether (sulfide) groups is 1. The first kappa shape index (κ1) is 14.7. The van der Waals surface area contributed by atoms with E-state index in [4.69, 9.17) is 4.74 Å². The summed E-state index contributed by atoms with van der Waals surface area (Å²) in [6.45, 7) is 4.55. The molecule has 0 aromatic carbocycles. The number of ether oxygens (including phenoxy) is 1. The molecule has 0 aromatic heterocycles. The Labute approximate surface area is 126 Å². The standard InChI is InChI=1S/C15H26N2O2S/c18-14(13-2-1-3-13)16-12-15(4-10-20-11-5-15)17-6-8-19-9-7-17/h13H,1-12H2,(H,16,18). The van der Waals surface area contributed by atoms with E-state index >= 15 is 0 Å². The molecular weight excluding hydrogens is 272 g/mol. The van der Waals surface area contributed by atoms with Gasteiger partial charge in [-0.1, -0.05) is 6.42 Å². The van der Waals surface area contributed by atoms with Crippen LogP contribution in [-0.2, 0) is 9.53 Å². The Morgan fingerprint density at radius 2 is 1.95 bits per heavy atom. The van der Waals surface area contributed by atoms with Gasteiger partial charge in [0, 0.05) is 31.1 Å². The highest BCUT2D eigenvalue weighted by Crippen LogP contribution is 2.33. The first-order valence-corrected chi connectivity index (χ1v) is 9.14. The molecular formula is C15H26N2O2S. The van der Waals surface area contributed by atoms with Crippen LogP contribution < -0.4 is 5.32 Å². The Morgan fingerprint density at radius 1 is 1.25 bits per heavy atom. The molecule has 0 unspecified atom stereocenters. The van der Waals surface area contributed by atoms with Crippen LogP contribution in [0.1, 0.15) is 32.1 Å². The lowest BCUT2D eigenvalue weighted by Gasteiger charge is -2.48. The van der Waals surface area contributed by atoms with Gasteiger partial charge in [-0.2, -0.15) is 11.8 Å². The number of nitrogens with zero attached hydrogens (tertiary/aromatic N) is 1. The van der Waals surface area contributed by atoms with Gasteiger partial charge >= 0.3 is 0 Å². The maximum absolute atomic E-state index is 12.1. The second-order valence-electron chi connectivity index (χ2n) is 6.28. The van der Waals surface area contributed by atoms with E-state index in [1.807, 2.05) is 11.8 Å². The van der Waals surface area contributed by atoms with Crippen molar-refractivity contribution in [3.05, 3.63) is 0 Å². The van der Waals surface area contributed by atoms with Crippen LogP contribution >= 0.6 is 11.8 Å². The highest BCUT2D eigenvalue weighted by Gasteiger charge is 2.39. The Balaban J connectivity index is 1.60. The molecule has 20 heavy (non-hydrogen) atoms. The SMILES string of the molecule is O=C(NCC1(N2CCOCC2)CCSCC1)C1CCC1. The fraction of sp³-hybridized carbons (Fsp3) is 0.933. The molecule has 2 saturated heterocycles. The van der Waals surface area contributed by atoms with Gasteiger partial charge in [-0.05, 0) is 37.2 Å². The van der Waals surface area contributed by atoms with Gasteiger partial charge in [0.2, 0.25) is 5.91 Å². The zero-order chi connectivity index (χ0) is 13.8. The molecule has 1 N–H and O–H groups in total. The molecule has 1 amide bonds. The Morgan fingerprint density at radius 3 is 2.55 bits per heavy atom. The van der Waals surface area contributed by atoms with Crippen molar-refractivity contribution >= 4 is 17.7 Å². The topological polar surface area (TPSA) is 41.6 Å². The fourth-order valence-corrected chi connectivity index (χ4v) is 4.71. The average Bonchev–Trinajstić information content (AvgIpc) is 2.45. The third kappa shape index (κ3) is 3.15. The van der Waals surface area contributed by atoms with Gasteiger partial charge in [-0.15, -0.1) is 0 Å². The minimum absolute atomic E-state index is 0.189. The number of carbonyl (C=O) groups excluding carboxylic acids is 1. The number of hydrogen-bond donors (Lipinski definition) is 1. The molecule has 3 aliphatic rings. The van der Waals surface area contributed by atoms with E-state index in [2.05, 4.69) is 10.2 Å². The van der Waals surface area contributed by atoms with Crippen molar-refractivity contribution in [1.29, 1.82) is 0 Å². The van der Waals surface area contributed by atoms with Crippen molar-refractivity contribution in [1.82, 2.24) is 10.2 Å². The molecule has 2 heterocycles. The van der Waals surface area contributed by atoms with E-state index in [1.54, 1.807) is 0 Å². The summed E-state index contributed by atoms with van der Waals surface area (Å²) < 4.78 is 5.49. The lowest BCUT2D eigenvalue weighted by Crippen LogP contribution is -2.60. The molecule has 1 saturated carbocycles. The maximum Gasteiger partial charge on any atom is 0.223 e. The number of amides is 1. The summed E-state index contributed by atoms with van der Waals surface area (Å²) >= 11 is 2.05. The van der Waals surface area contributed by atoms with Gasteiger partial charge in [0.25, 0.3) is 0 Å². The zero-order valence-corrected chi connectivity index (χ0v) is 13.1. The van der Waals surface area contributed by atoms with Crippen LogP contribution in [0.2, 0.25) is 0 Å². The van der Waals surface area contributed by atoms with E-state index in [1.165, 1.54) is 30.8 Å². The van der Waals surface area contributed by atoms with Gasteiger partial charge in [-0.3, -0.25) is 9.69 Å². The van der Waals surface area contributed by atoms with Crippen molar-refractivity contribution < 1.29 is 9.53 Å². The molecule has 3 rings (SSSR count). The van der Waals surface area contributed by atoms with Crippen LogP contribution in [0.3, 0.4) is 0 Å². The number of rotatable bonds is 4. The van der Waals surface area contributed by atoms with Crippen LogP contribution in [0.5, 0.6) is 0 Å². The van der Waals surface area contributed by atoms with E-state index in [-0.39, 0.29) is 5.54 Å². The Kier molecular flexibility index (Phi) is 4.89. The molecule has 2 aliphatic heterocycles. The van der Waals surface area contributed by atoms with Crippen LogP contribution in [0.25, 0.3) is 0 Å². The molecule has 0 bridgehead atoms. The second-order valence-corrected chi connectivity index (χ2v) is 7.51. The molecule has 3 fully saturated rings. The zero-order valence-electron chi connectivity index (χ0n) is 12.2. The van der Waals surface area contributed by atoms with Gasteiger partial charge in [-0.25, -0.2) is 0 Å². The minimum Gasteiger partial charge on any atom is -0.379 e. The summed E-state index contributed by atoms with van der Waals surface area (Å²) in [4.78, 5) is 14.7. The van der Waals surface area contributed by atoms with Gasteiger partial charge in [0.1, 0.15) is 0 Å². The van der Waals surface area contributed by atoms with Crippen LogP contribution in [0.4, 0.5) is 0 Å². The average molecular weight is 298 g/mol. The summed E-state index contributed by atoms with van der Waals surface area (Å²) in [6.07, 6.45) is 5.80. The van der Waals surface area contributed by atoms with E-state index in [9.17, 15) is 4.79 Å². The predicted molar refractivity (Wildman–Crippen MR) is 82.0 cm³/mol. The minimum atomic E-state index is 0.189. The van der Waals surface area contributed by atoms with Crippen molar-refractivity contribution in [3.63, 3.8) is 0 Å². The number of morpholine rings is 1. The maximum atomic E-state index is 12.1. The first-order chi connectivity index (χ1) is 9.80. The van der Waals surface area contributed by atoms with E-state index in [0.29, 0.717) is 11.8 Å². The molecule has 0 spiro atoms. The normalized spacial score (nSPS) is 27.8. The van der Waals surface area contributed by atoms with Crippen LogP contribution in [0.15, 0.2) is 0 Å². The molecule has 5 heteroatoms. The third-order valence-electron chi connectivity index (χ3n) is 5.17. The van der Waals surface area contributed by atoms with Crippen LogP contribution in [0, 0.1) is 5.92 Å². The van der Waals surface area contributed by atoms with Gasteiger partial charge in [0.15, 0.2) is 0 Å². The summed E-state index contributed by atoms with van der Waals surface area (Å²) in [5, 5.41) is 3.26. The summed E-state index contributed by atoms with van der Waals surface area (Å²) in [5.41, 5.74) is 0.189. The smallest absolute Gasteiger partial charge is 0.223 e. The third-order valence-corrected chi connectivity index (χ3v) is 6.16. The molecule has 0 aromatic rings. The lowest BCUT2D eigenvalue weighted by atomic mass is 9.84. The molecule has 0 radical (unpaired) electrons. The summed E-state index contributed by atoms with van der Waals surface area (Å²) in [6, 6.07) is 0. The summed E-state index contributed by atoms with van der Waals surface area (Å²) in [5.74, 6) is 3.03. The first-order valence-electron chi connectivity index (χ1n) is 7.98. The molecule has 4 nitrogen and oxygen atoms in total. The number of hydrogen-bond acceptors (Lipinski definition) is 4. The van der Waals surface area contributed by atoms with E-state index in [0.717, 1.165) is 45.7 Å². The highest BCUT2D eigenvalue weighted by molar-refractivity contribution is 7.99. The van der Waals surface area contributed by atoms with Crippen molar-refractivity contribution in [2.24, 2.45) is 5.92 Å². The van der Waals surface area contributed by atoms with Crippen LogP contribution in [-0.4, -0.2) is 60.7 Å².